The van der Waals surface area contributed by atoms with Crippen LogP contribution in [0.1, 0.15) is 43.2 Å². The summed E-state index contributed by atoms with van der Waals surface area (Å²) in [4.78, 5) is 34.9. The molecule has 1 aliphatic carbocycles. The summed E-state index contributed by atoms with van der Waals surface area (Å²) in [7, 11) is 0. The van der Waals surface area contributed by atoms with E-state index in [0.717, 1.165) is 30.9 Å². The first-order chi connectivity index (χ1) is 20.3. The molecule has 43 heavy (non-hydrogen) atoms. The normalized spacial score (nSPS) is 21.7. The number of amides is 3. The monoisotopic (exact) mass is 620 g/mol. The number of aromatic nitrogens is 2. The number of halogens is 5. The number of rotatable bonds is 8. The van der Waals surface area contributed by atoms with Crippen molar-refractivity contribution in [3.05, 3.63) is 83.0 Å². The highest BCUT2D eigenvalue weighted by molar-refractivity contribution is 6.30. The van der Waals surface area contributed by atoms with Crippen LogP contribution in [0.5, 0.6) is 0 Å². The Labute approximate surface area is 249 Å². The predicted octanol–water partition coefficient (Wildman–Crippen LogP) is 5.20. The van der Waals surface area contributed by atoms with Crippen LogP contribution < -0.4 is 16.4 Å². The van der Waals surface area contributed by atoms with Crippen LogP contribution in [0, 0.1) is 11.7 Å². The minimum absolute atomic E-state index is 0.0450. The molecule has 3 aromatic rings. The fourth-order valence-electron chi connectivity index (χ4n) is 5.23. The minimum Gasteiger partial charge on any atom is -0.379 e. The van der Waals surface area contributed by atoms with E-state index in [-0.39, 0.29) is 16.5 Å². The lowest BCUT2D eigenvalue weighted by Crippen LogP contribution is -2.49. The quantitative estimate of drug-likeness (QED) is 0.256. The van der Waals surface area contributed by atoms with Crippen LogP contribution in [0.25, 0.3) is 0 Å². The van der Waals surface area contributed by atoms with Crippen molar-refractivity contribution in [2.75, 3.05) is 17.2 Å². The molecule has 5 rings (SSSR count). The van der Waals surface area contributed by atoms with E-state index >= 15 is 4.39 Å². The van der Waals surface area contributed by atoms with Gasteiger partial charge in [0.25, 0.3) is 0 Å². The fraction of sp³-hybridized carbons (Fsp3) is 0.379. The van der Waals surface area contributed by atoms with E-state index in [4.69, 9.17) is 17.3 Å². The van der Waals surface area contributed by atoms with E-state index in [1.807, 2.05) is 0 Å². The second-order valence-electron chi connectivity index (χ2n) is 11.0. The number of β-amino-alcohol motifs (C(OH)–C–C–N with tert-alkyl or cyclic N) is 1. The van der Waals surface area contributed by atoms with Gasteiger partial charge in [0.15, 0.2) is 5.60 Å². The van der Waals surface area contributed by atoms with E-state index < -0.39 is 54.1 Å². The highest BCUT2D eigenvalue weighted by atomic mass is 35.5. The number of hydrogen-bond acceptors (Lipinski definition) is 6. The molecule has 1 saturated heterocycles. The number of urea groups is 1. The third-order valence-electron chi connectivity index (χ3n) is 7.97. The van der Waals surface area contributed by atoms with Crippen molar-refractivity contribution in [2.45, 2.75) is 55.5 Å². The maximum absolute atomic E-state index is 15.0. The smallest absolute Gasteiger partial charge is 0.379 e. The van der Waals surface area contributed by atoms with Gasteiger partial charge in [-0.1, -0.05) is 30.5 Å². The lowest BCUT2D eigenvalue weighted by molar-refractivity contribution is -0.253. The van der Waals surface area contributed by atoms with Crippen molar-refractivity contribution >= 4 is 35.0 Å². The first-order valence-corrected chi connectivity index (χ1v) is 14.0. The Morgan fingerprint density at radius 1 is 1.09 bits per heavy atom. The summed E-state index contributed by atoms with van der Waals surface area (Å²) in [5.41, 5.74) is 3.33. The molecule has 1 aliphatic heterocycles. The van der Waals surface area contributed by atoms with Crippen molar-refractivity contribution in [3.63, 3.8) is 0 Å². The Morgan fingerprint density at radius 3 is 2.44 bits per heavy atom. The zero-order valence-electron chi connectivity index (χ0n) is 22.7. The van der Waals surface area contributed by atoms with Gasteiger partial charge in [-0.05, 0) is 66.3 Å². The molecule has 3 heterocycles. The first-order valence-electron chi connectivity index (χ1n) is 13.6. The molecule has 9 nitrogen and oxygen atoms in total. The topological polar surface area (TPSA) is 133 Å². The molecule has 3 amide bonds. The molecule has 2 aliphatic rings. The Balaban J connectivity index is 1.42. The lowest BCUT2D eigenvalue weighted by Gasteiger charge is -2.31. The van der Waals surface area contributed by atoms with Gasteiger partial charge in [-0.25, -0.2) is 14.2 Å². The van der Waals surface area contributed by atoms with Crippen LogP contribution in [-0.4, -0.2) is 56.3 Å². The third kappa shape index (κ3) is 6.58. The molecule has 1 saturated carbocycles. The summed E-state index contributed by atoms with van der Waals surface area (Å²) >= 11 is 5.79. The zero-order chi connectivity index (χ0) is 31.0. The molecule has 3 atom stereocenters. The van der Waals surface area contributed by atoms with Crippen molar-refractivity contribution in [1.29, 1.82) is 0 Å². The highest BCUT2D eigenvalue weighted by Crippen LogP contribution is 2.42. The molecule has 5 N–H and O–H groups in total. The number of carbonyl (C=O) groups excluding carboxylic acids is 2. The Hall–Kier alpha value is -3.81. The summed E-state index contributed by atoms with van der Waals surface area (Å²) < 4.78 is 56.5. The van der Waals surface area contributed by atoms with Gasteiger partial charge in [-0.2, -0.15) is 13.2 Å². The van der Waals surface area contributed by atoms with Crippen LogP contribution >= 0.6 is 11.6 Å². The minimum atomic E-state index is -5.16. The third-order valence-corrected chi connectivity index (χ3v) is 8.19. The van der Waals surface area contributed by atoms with Gasteiger partial charge in [0.1, 0.15) is 17.7 Å². The van der Waals surface area contributed by atoms with Crippen LogP contribution in [0.4, 0.5) is 33.9 Å². The number of benzene rings is 1. The lowest BCUT2D eigenvalue weighted by atomic mass is 9.79. The molecule has 2 aromatic heterocycles. The van der Waals surface area contributed by atoms with Crippen molar-refractivity contribution in [1.82, 2.24) is 14.9 Å². The average molecular weight is 621 g/mol. The second-order valence-corrected chi connectivity index (χ2v) is 11.5. The van der Waals surface area contributed by atoms with Crippen LogP contribution in [0.3, 0.4) is 0 Å². The molecule has 14 heteroatoms. The largest absolute Gasteiger partial charge is 0.419 e. The van der Waals surface area contributed by atoms with Crippen molar-refractivity contribution in [3.8, 4) is 0 Å². The molecule has 228 valence electrons. The summed E-state index contributed by atoms with van der Waals surface area (Å²) in [5.74, 6) is -1.49. The van der Waals surface area contributed by atoms with Gasteiger partial charge in [-0.15, -0.1) is 0 Å². The molecule has 2 fully saturated rings. The number of carbonyl (C=O) groups is 2. The van der Waals surface area contributed by atoms with E-state index in [9.17, 15) is 27.9 Å². The molecular weight excluding hydrogens is 592 g/mol. The number of alkyl halides is 3. The summed E-state index contributed by atoms with van der Waals surface area (Å²) in [6, 6.07) is 7.23. The number of anilines is 2. The molecule has 0 bridgehead atoms. The van der Waals surface area contributed by atoms with Gasteiger partial charge >= 0.3 is 12.2 Å². The summed E-state index contributed by atoms with van der Waals surface area (Å²) in [6.45, 7) is -1.23. The van der Waals surface area contributed by atoms with Gasteiger partial charge < -0.3 is 21.1 Å². The number of nitrogens with two attached hydrogens (primary N) is 1. The Bertz CT molecular complexity index is 1490. The van der Waals surface area contributed by atoms with Crippen molar-refractivity contribution < 1.29 is 32.3 Å². The van der Waals surface area contributed by atoms with Gasteiger partial charge in [0.2, 0.25) is 5.91 Å². The standard InChI is InChI=1S/C29H29ClF4N6O3/c30-20-4-6-24(37-15-20)39-26(42)40-16-27(43,29(32,33)34)14-23(40)25(41)38-22-13-19(3-5-21(22)31)28(35,10-7-17-1-2-17)18-8-11-36-12-9-18/h3-6,8-9,11-13,15,17,23,43H,1-2,7,10,14,16,35H2,(H,38,41)(H,37,39,42)/t23-,27-,28?/m1/s1. The van der Waals surface area contributed by atoms with Gasteiger partial charge in [0, 0.05) is 25.0 Å². The molecule has 0 radical (unpaired) electrons. The average Bonchev–Trinajstić information content (AvgIpc) is 3.73. The fourth-order valence-corrected chi connectivity index (χ4v) is 5.34. The van der Waals surface area contributed by atoms with E-state index in [1.165, 1.54) is 30.5 Å². The summed E-state index contributed by atoms with van der Waals surface area (Å²) in [5, 5.41) is 15.3. The second kappa shape index (κ2) is 11.7. The number of nitrogens with one attached hydrogen (secondary N) is 2. The van der Waals surface area contributed by atoms with Crippen LogP contribution in [-0.2, 0) is 10.3 Å². The van der Waals surface area contributed by atoms with Crippen LogP contribution in [0.15, 0.2) is 61.1 Å². The Morgan fingerprint density at radius 2 is 1.81 bits per heavy atom. The van der Waals surface area contributed by atoms with E-state index in [2.05, 4.69) is 20.6 Å². The zero-order valence-corrected chi connectivity index (χ0v) is 23.5. The molecule has 1 unspecified atom stereocenters. The van der Waals surface area contributed by atoms with E-state index in [1.54, 1.807) is 24.5 Å². The number of aliphatic hydroxyl groups is 1. The number of nitrogens with zero attached hydrogens (tertiary/aromatic N) is 3. The van der Waals surface area contributed by atoms with E-state index in [0.29, 0.717) is 22.8 Å². The first kappa shape index (κ1) is 30.6. The maximum Gasteiger partial charge on any atom is 0.419 e. The number of hydrogen-bond donors (Lipinski definition) is 4. The molecule has 0 spiro atoms. The molecular formula is C29H29ClF4N6O3. The number of likely N-dealkylation sites (tertiary alicyclic amines) is 1. The van der Waals surface area contributed by atoms with Gasteiger partial charge in [-0.3, -0.25) is 15.1 Å². The van der Waals surface area contributed by atoms with Gasteiger partial charge in [0.05, 0.1) is 22.8 Å². The molecule has 1 aromatic carbocycles. The maximum atomic E-state index is 15.0. The van der Waals surface area contributed by atoms with Crippen molar-refractivity contribution in [2.24, 2.45) is 11.7 Å². The summed E-state index contributed by atoms with van der Waals surface area (Å²) in [6.07, 6.45) is 1.60. The Kier molecular flexibility index (Phi) is 8.34. The highest BCUT2D eigenvalue weighted by Gasteiger charge is 2.62. The number of pyridine rings is 2. The SMILES string of the molecule is NC(CCC1CC1)(c1ccncc1)c1ccc(F)c(NC(=O)[C@H]2C[C@](O)(C(F)(F)F)CN2C(=O)Nc2ccc(Cl)cn2)c1. The predicted molar refractivity (Wildman–Crippen MR) is 151 cm³/mol. The van der Waals surface area contributed by atoms with Crippen LogP contribution in [0.2, 0.25) is 5.02 Å².